The highest BCUT2D eigenvalue weighted by molar-refractivity contribution is 7.71. The summed E-state index contributed by atoms with van der Waals surface area (Å²) in [5, 5.41) is 0. The smallest absolute Gasteiger partial charge is 0.179 e. The second-order valence-corrected chi connectivity index (χ2v) is 6.26. The van der Waals surface area contributed by atoms with Gasteiger partial charge in [0.2, 0.25) is 0 Å². The van der Waals surface area contributed by atoms with Gasteiger partial charge in [0, 0.05) is 12.7 Å². The maximum absolute atomic E-state index is 5.41. The zero-order valence-corrected chi connectivity index (χ0v) is 12.2. The Kier molecular flexibility index (Phi) is 3.69. The van der Waals surface area contributed by atoms with E-state index in [1.807, 2.05) is 18.3 Å². The quantitative estimate of drug-likeness (QED) is 0.847. The number of aryl methyl sites for hydroxylation is 1. The van der Waals surface area contributed by atoms with Gasteiger partial charge < -0.3 is 9.55 Å². The Morgan fingerprint density at radius 3 is 2.95 bits per heavy atom. The molecule has 1 aliphatic carbocycles. The number of hydrogen-bond donors (Lipinski definition) is 1. The standard InChI is InChI=1S/C15H21N3S/c1-11-4-6-12(7-5-11)8-10-18-14-13(17-15(18)19)3-2-9-16-14/h2-3,9,11-12H,4-8,10H2,1H3,(H,17,19). The lowest BCUT2D eigenvalue weighted by molar-refractivity contribution is 0.269. The number of aromatic amines is 1. The summed E-state index contributed by atoms with van der Waals surface area (Å²) in [6, 6.07) is 3.98. The van der Waals surface area contributed by atoms with Gasteiger partial charge in [0.25, 0.3) is 0 Å². The molecule has 0 radical (unpaired) electrons. The van der Waals surface area contributed by atoms with Crippen LogP contribution in [-0.2, 0) is 6.54 Å². The zero-order chi connectivity index (χ0) is 13.2. The van der Waals surface area contributed by atoms with Crippen LogP contribution in [0.15, 0.2) is 18.3 Å². The number of rotatable bonds is 3. The first-order valence-corrected chi connectivity index (χ1v) is 7.68. The Hall–Kier alpha value is -1.16. The highest BCUT2D eigenvalue weighted by Gasteiger charge is 2.18. The van der Waals surface area contributed by atoms with Crippen LogP contribution in [0.2, 0.25) is 0 Å². The molecule has 19 heavy (non-hydrogen) atoms. The summed E-state index contributed by atoms with van der Waals surface area (Å²) in [7, 11) is 0. The summed E-state index contributed by atoms with van der Waals surface area (Å²) in [6.45, 7) is 3.37. The molecule has 0 amide bonds. The van der Waals surface area contributed by atoms with Crippen LogP contribution < -0.4 is 0 Å². The largest absolute Gasteiger partial charge is 0.329 e. The molecule has 2 aromatic heterocycles. The average Bonchev–Trinajstić information content (AvgIpc) is 2.74. The molecule has 1 aliphatic rings. The normalized spacial score (nSPS) is 23.8. The van der Waals surface area contributed by atoms with Crippen molar-refractivity contribution < 1.29 is 0 Å². The number of H-pyrrole nitrogens is 1. The van der Waals surface area contributed by atoms with Crippen molar-refractivity contribution in [2.24, 2.45) is 11.8 Å². The minimum absolute atomic E-state index is 0.804. The fraction of sp³-hybridized carbons (Fsp3) is 0.600. The Morgan fingerprint density at radius 2 is 2.16 bits per heavy atom. The summed E-state index contributed by atoms with van der Waals surface area (Å²) in [6.07, 6.45) is 8.60. The molecule has 3 nitrogen and oxygen atoms in total. The van der Waals surface area contributed by atoms with E-state index in [1.165, 1.54) is 32.1 Å². The Balaban J connectivity index is 1.72. The molecule has 102 valence electrons. The molecule has 2 heterocycles. The van der Waals surface area contributed by atoms with Gasteiger partial charge in [-0.1, -0.05) is 32.6 Å². The van der Waals surface area contributed by atoms with Gasteiger partial charge in [0.1, 0.15) is 0 Å². The highest BCUT2D eigenvalue weighted by Crippen LogP contribution is 2.30. The van der Waals surface area contributed by atoms with Crippen LogP contribution in [0.5, 0.6) is 0 Å². The van der Waals surface area contributed by atoms with Gasteiger partial charge in [0.15, 0.2) is 10.4 Å². The van der Waals surface area contributed by atoms with Gasteiger partial charge in [0.05, 0.1) is 5.52 Å². The third kappa shape index (κ3) is 2.73. The van der Waals surface area contributed by atoms with Crippen molar-refractivity contribution in [2.45, 2.75) is 45.6 Å². The molecule has 0 aromatic carbocycles. The molecule has 0 aliphatic heterocycles. The first-order chi connectivity index (χ1) is 9.24. The monoisotopic (exact) mass is 275 g/mol. The third-order valence-corrected chi connectivity index (χ3v) is 4.75. The summed E-state index contributed by atoms with van der Waals surface area (Å²) < 4.78 is 2.96. The van der Waals surface area contributed by atoms with Gasteiger partial charge in [-0.05, 0) is 42.6 Å². The number of fused-ring (bicyclic) bond motifs is 1. The fourth-order valence-corrected chi connectivity index (χ4v) is 3.41. The second kappa shape index (κ2) is 5.45. The minimum Gasteiger partial charge on any atom is -0.329 e. The molecule has 0 unspecified atom stereocenters. The molecule has 3 rings (SSSR count). The van der Waals surface area contributed by atoms with Crippen LogP contribution in [0, 0.1) is 16.6 Å². The van der Waals surface area contributed by atoms with E-state index in [4.69, 9.17) is 12.2 Å². The van der Waals surface area contributed by atoms with Crippen LogP contribution in [-0.4, -0.2) is 14.5 Å². The van der Waals surface area contributed by atoms with E-state index in [1.54, 1.807) is 0 Å². The van der Waals surface area contributed by atoms with Gasteiger partial charge in [-0.25, -0.2) is 4.98 Å². The molecular formula is C15H21N3S. The van der Waals surface area contributed by atoms with E-state index in [0.29, 0.717) is 0 Å². The van der Waals surface area contributed by atoms with E-state index in [9.17, 15) is 0 Å². The van der Waals surface area contributed by atoms with Crippen molar-refractivity contribution in [1.82, 2.24) is 14.5 Å². The summed E-state index contributed by atoms with van der Waals surface area (Å²) in [5.41, 5.74) is 2.04. The Bertz CT molecular complexity index is 605. The van der Waals surface area contributed by atoms with Crippen molar-refractivity contribution >= 4 is 23.4 Å². The molecule has 4 heteroatoms. The topological polar surface area (TPSA) is 33.6 Å². The molecular weight excluding hydrogens is 254 g/mol. The number of pyridine rings is 1. The first kappa shape index (κ1) is 12.9. The van der Waals surface area contributed by atoms with Crippen molar-refractivity contribution in [1.29, 1.82) is 0 Å². The molecule has 0 saturated heterocycles. The molecule has 2 aromatic rings. The van der Waals surface area contributed by atoms with Crippen LogP contribution in [0.4, 0.5) is 0 Å². The average molecular weight is 275 g/mol. The van der Waals surface area contributed by atoms with Crippen LogP contribution >= 0.6 is 12.2 Å². The van der Waals surface area contributed by atoms with Gasteiger partial charge in [-0.15, -0.1) is 0 Å². The lowest BCUT2D eigenvalue weighted by Crippen LogP contribution is -2.14. The summed E-state index contributed by atoms with van der Waals surface area (Å²) in [4.78, 5) is 7.68. The fourth-order valence-electron chi connectivity index (χ4n) is 3.13. The van der Waals surface area contributed by atoms with Gasteiger partial charge in [-0.3, -0.25) is 0 Å². The van der Waals surface area contributed by atoms with Crippen LogP contribution in [0.1, 0.15) is 39.0 Å². The summed E-state index contributed by atoms with van der Waals surface area (Å²) >= 11 is 5.41. The minimum atomic E-state index is 0.804. The van der Waals surface area contributed by atoms with E-state index < -0.39 is 0 Å². The molecule has 0 spiro atoms. The molecule has 1 N–H and O–H groups in total. The second-order valence-electron chi connectivity index (χ2n) is 5.87. The van der Waals surface area contributed by atoms with Crippen LogP contribution in [0.25, 0.3) is 11.2 Å². The van der Waals surface area contributed by atoms with Crippen molar-refractivity contribution in [3.05, 3.63) is 23.1 Å². The molecule has 1 fully saturated rings. The maximum Gasteiger partial charge on any atom is 0.179 e. The molecule has 1 saturated carbocycles. The van der Waals surface area contributed by atoms with Crippen molar-refractivity contribution in [3.8, 4) is 0 Å². The number of imidazole rings is 1. The number of nitrogens with zero attached hydrogens (tertiary/aromatic N) is 2. The van der Waals surface area contributed by atoms with Gasteiger partial charge >= 0.3 is 0 Å². The van der Waals surface area contributed by atoms with Crippen LogP contribution in [0.3, 0.4) is 0 Å². The molecule has 0 bridgehead atoms. The zero-order valence-electron chi connectivity index (χ0n) is 11.4. The SMILES string of the molecule is CC1CCC(CCn2c(=S)[nH]c3cccnc32)CC1. The van der Waals surface area contributed by atoms with E-state index >= 15 is 0 Å². The predicted octanol–water partition coefficient (Wildman–Crippen LogP) is 4.31. The van der Waals surface area contributed by atoms with E-state index in [-0.39, 0.29) is 0 Å². The lowest BCUT2D eigenvalue weighted by Gasteiger charge is -2.26. The number of aromatic nitrogens is 3. The van der Waals surface area contributed by atoms with E-state index in [2.05, 4.69) is 21.5 Å². The molecule has 0 atom stereocenters. The van der Waals surface area contributed by atoms with E-state index in [0.717, 1.165) is 34.3 Å². The number of hydrogen-bond acceptors (Lipinski definition) is 2. The third-order valence-electron chi connectivity index (χ3n) is 4.43. The Morgan fingerprint density at radius 1 is 1.37 bits per heavy atom. The first-order valence-electron chi connectivity index (χ1n) is 7.27. The van der Waals surface area contributed by atoms with Crippen molar-refractivity contribution in [3.63, 3.8) is 0 Å². The maximum atomic E-state index is 5.41. The lowest BCUT2D eigenvalue weighted by atomic mass is 9.81. The Labute approximate surface area is 119 Å². The predicted molar refractivity (Wildman–Crippen MR) is 80.7 cm³/mol. The van der Waals surface area contributed by atoms with Gasteiger partial charge in [-0.2, -0.15) is 0 Å². The number of nitrogens with one attached hydrogen (secondary N) is 1. The highest BCUT2D eigenvalue weighted by atomic mass is 32.1. The summed E-state index contributed by atoms with van der Waals surface area (Å²) in [5.74, 6) is 1.79. The van der Waals surface area contributed by atoms with Crippen molar-refractivity contribution in [2.75, 3.05) is 0 Å².